The molecule has 0 unspecified atom stereocenters. The minimum absolute atomic E-state index is 0.0208. The van der Waals surface area contributed by atoms with Crippen molar-refractivity contribution in [3.63, 3.8) is 0 Å². The monoisotopic (exact) mass is 269 g/mol. The third-order valence-electron chi connectivity index (χ3n) is 1.21. The van der Waals surface area contributed by atoms with Crippen LogP contribution in [0.5, 0.6) is 0 Å². The molecule has 64 valence electrons. The van der Waals surface area contributed by atoms with E-state index in [9.17, 15) is 10.1 Å². The van der Waals surface area contributed by atoms with Crippen molar-refractivity contribution in [2.24, 2.45) is 0 Å². The SMILES string of the molecule is O=[N+]([O-])c1ccc(Cl)c(Br)c1Cl. The first kappa shape index (κ1) is 9.77. The number of hydrogen-bond donors (Lipinski definition) is 0. The zero-order valence-corrected chi connectivity index (χ0v) is 8.65. The Balaban J connectivity index is 3.36. The third-order valence-corrected chi connectivity index (χ3v) is 3.19. The predicted molar refractivity (Wildman–Crippen MR) is 50.8 cm³/mol. The fourth-order valence-electron chi connectivity index (χ4n) is 0.657. The minimum Gasteiger partial charge on any atom is -0.258 e. The Morgan fingerprint density at radius 3 is 2.50 bits per heavy atom. The van der Waals surface area contributed by atoms with E-state index in [1.165, 1.54) is 12.1 Å². The van der Waals surface area contributed by atoms with Crippen molar-refractivity contribution in [3.05, 3.63) is 36.8 Å². The molecule has 1 aromatic rings. The summed E-state index contributed by atoms with van der Waals surface area (Å²) >= 11 is 14.3. The van der Waals surface area contributed by atoms with Crippen molar-refractivity contribution < 1.29 is 4.92 Å². The van der Waals surface area contributed by atoms with Crippen molar-refractivity contribution in [1.82, 2.24) is 0 Å². The number of benzene rings is 1. The molecule has 12 heavy (non-hydrogen) atoms. The number of nitro groups is 1. The quantitative estimate of drug-likeness (QED) is 0.444. The molecule has 1 rings (SSSR count). The maximum Gasteiger partial charge on any atom is 0.289 e. The van der Waals surface area contributed by atoms with Crippen LogP contribution in [0.2, 0.25) is 10.0 Å². The van der Waals surface area contributed by atoms with Crippen molar-refractivity contribution in [1.29, 1.82) is 0 Å². The molecule has 0 radical (unpaired) electrons. The van der Waals surface area contributed by atoms with E-state index >= 15 is 0 Å². The average Bonchev–Trinajstić information content (AvgIpc) is 2.00. The Bertz CT molecular complexity index is 343. The molecular weight excluding hydrogens is 269 g/mol. The van der Waals surface area contributed by atoms with Crippen LogP contribution in [0.25, 0.3) is 0 Å². The lowest BCUT2D eigenvalue weighted by atomic mass is 10.3. The first-order chi connectivity index (χ1) is 5.54. The van der Waals surface area contributed by atoms with Crippen LogP contribution in [-0.2, 0) is 0 Å². The van der Waals surface area contributed by atoms with E-state index in [4.69, 9.17) is 23.2 Å². The second kappa shape index (κ2) is 3.60. The van der Waals surface area contributed by atoms with Gasteiger partial charge < -0.3 is 0 Å². The van der Waals surface area contributed by atoms with Gasteiger partial charge in [-0.15, -0.1) is 0 Å². The molecule has 0 saturated carbocycles. The van der Waals surface area contributed by atoms with Gasteiger partial charge in [0.05, 0.1) is 14.4 Å². The van der Waals surface area contributed by atoms with Gasteiger partial charge in [0, 0.05) is 6.07 Å². The molecule has 0 aromatic heterocycles. The van der Waals surface area contributed by atoms with Crippen LogP contribution in [0.1, 0.15) is 0 Å². The highest BCUT2D eigenvalue weighted by Crippen LogP contribution is 2.36. The van der Waals surface area contributed by atoms with Crippen molar-refractivity contribution in [2.45, 2.75) is 0 Å². The molecule has 0 fully saturated rings. The zero-order chi connectivity index (χ0) is 9.30. The highest BCUT2D eigenvalue weighted by atomic mass is 79.9. The first-order valence-corrected chi connectivity index (χ1v) is 4.37. The minimum atomic E-state index is -0.566. The Hall–Kier alpha value is -0.320. The van der Waals surface area contributed by atoms with Gasteiger partial charge >= 0.3 is 0 Å². The molecule has 1 aromatic carbocycles. The summed E-state index contributed by atoms with van der Waals surface area (Å²) in [7, 11) is 0. The molecule has 0 bridgehead atoms. The third kappa shape index (κ3) is 1.71. The van der Waals surface area contributed by atoms with Crippen LogP contribution in [0.3, 0.4) is 0 Å². The molecular formula is C6H2BrCl2NO2. The van der Waals surface area contributed by atoms with E-state index in [1.54, 1.807) is 0 Å². The van der Waals surface area contributed by atoms with E-state index in [0.29, 0.717) is 9.50 Å². The van der Waals surface area contributed by atoms with Crippen molar-refractivity contribution >= 4 is 44.8 Å². The largest absolute Gasteiger partial charge is 0.289 e. The Morgan fingerprint density at radius 2 is 2.00 bits per heavy atom. The smallest absolute Gasteiger partial charge is 0.258 e. The topological polar surface area (TPSA) is 43.1 Å². The average molecular weight is 271 g/mol. The van der Waals surface area contributed by atoms with Crippen LogP contribution >= 0.6 is 39.1 Å². The second-order valence-corrected chi connectivity index (χ2v) is 3.53. The Labute approximate surface area is 86.6 Å². The highest BCUT2D eigenvalue weighted by molar-refractivity contribution is 9.10. The van der Waals surface area contributed by atoms with Crippen LogP contribution in [0, 0.1) is 10.1 Å². The van der Waals surface area contributed by atoms with E-state index in [2.05, 4.69) is 15.9 Å². The second-order valence-electron chi connectivity index (χ2n) is 1.95. The Morgan fingerprint density at radius 1 is 1.42 bits per heavy atom. The van der Waals surface area contributed by atoms with Gasteiger partial charge in [0.1, 0.15) is 5.02 Å². The molecule has 6 heteroatoms. The fourth-order valence-corrected chi connectivity index (χ4v) is 1.43. The van der Waals surface area contributed by atoms with Crippen LogP contribution < -0.4 is 0 Å². The highest BCUT2D eigenvalue weighted by Gasteiger charge is 2.16. The summed E-state index contributed by atoms with van der Waals surface area (Å²) < 4.78 is 0.347. The molecule has 0 aliphatic carbocycles. The molecule has 0 heterocycles. The summed E-state index contributed by atoms with van der Waals surface area (Å²) in [6, 6.07) is 2.67. The summed E-state index contributed by atoms with van der Waals surface area (Å²) in [6.45, 7) is 0. The van der Waals surface area contributed by atoms with Gasteiger partial charge in [0.25, 0.3) is 5.69 Å². The fraction of sp³-hybridized carbons (Fsp3) is 0. The van der Waals surface area contributed by atoms with Crippen molar-refractivity contribution in [2.75, 3.05) is 0 Å². The molecule has 0 aliphatic rings. The summed E-state index contributed by atoms with van der Waals surface area (Å²) in [5.74, 6) is 0. The van der Waals surface area contributed by atoms with E-state index in [-0.39, 0.29) is 10.7 Å². The van der Waals surface area contributed by atoms with Gasteiger partial charge in [0.15, 0.2) is 0 Å². The molecule has 0 atom stereocenters. The van der Waals surface area contributed by atoms with E-state index < -0.39 is 4.92 Å². The van der Waals surface area contributed by atoms with Gasteiger partial charge in [-0.05, 0) is 22.0 Å². The molecule has 3 nitrogen and oxygen atoms in total. The molecule has 0 N–H and O–H groups in total. The summed E-state index contributed by atoms with van der Waals surface area (Å²) in [5, 5.41) is 10.7. The standard InChI is InChI=1S/C6H2BrCl2NO2/c7-5-3(8)1-2-4(6(5)9)10(11)12/h1-2H. The van der Waals surface area contributed by atoms with Crippen LogP contribution in [-0.4, -0.2) is 4.92 Å². The number of nitro benzene ring substituents is 1. The number of nitrogens with zero attached hydrogens (tertiary/aromatic N) is 1. The van der Waals surface area contributed by atoms with E-state index in [0.717, 1.165) is 0 Å². The predicted octanol–water partition coefficient (Wildman–Crippen LogP) is 3.66. The van der Waals surface area contributed by atoms with Crippen LogP contribution in [0.15, 0.2) is 16.6 Å². The van der Waals surface area contributed by atoms with Gasteiger partial charge in [-0.1, -0.05) is 23.2 Å². The molecule has 0 saturated heterocycles. The lowest BCUT2D eigenvalue weighted by molar-refractivity contribution is -0.384. The van der Waals surface area contributed by atoms with E-state index in [1.807, 2.05) is 0 Å². The first-order valence-electron chi connectivity index (χ1n) is 2.82. The van der Waals surface area contributed by atoms with Crippen molar-refractivity contribution in [3.8, 4) is 0 Å². The lowest BCUT2D eigenvalue weighted by Gasteiger charge is -1.98. The maximum atomic E-state index is 10.3. The summed E-state index contributed by atoms with van der Waals surface area (Å²) in [4.78, 5) is 9.78. The lowest BCUT2D eigenvalue weighted by Crippen LogP contribution is -1.89. The zero-order valence-electron chi connectivity index (χ0n) is 5.55. The number of rotatable bonds is 1. The normalized spacial score (nSPS) is 9.92. The molecule has 0 amide bonds. The summed E-state index contributed by atoms with van der Waals surface area (Å²) in [5.41, 5.74) is -0.159. The maximum absolute atomic E-state index is 10.3. The molecule has 0 aliphatic heterocycles. The van der Waals surface area contributed by atoms with Gasteiger partial charge in [0.2, 0.25) is 0 Å². The molecule has 0 spiro atoms. The van der Waals surface area contributed by atoms with Gasteiger partial charge in [-0.2, -0.15) is 0 Å². The summed E-state index contributed by atoms with van der Waals surface area (Å²) in [6.07, 6.45) is 0. The van der Waals surface area contributed by atoms with Gasteiger partial charge in [-0.25, -0.2) is 0 Å². The van der Waals surface area contributed by atoms with Crippen LogP contribution in [0.4, 0.5) is 5.69 Å². The van der Waals surface area contributed by atoms with Gasteiger partial charge in [-0.3, -0.25) is 10.1 Å². The Kier molecular flexibility index (Phi) is 2.93. The number of halogens is 3. The number of hydrogen-bond acceptors (Lipinski definition) is 2.